The third-order valence-corrected chi connectivity index (χ3v) is 4.47. The second kappa shape index (κ2) is 11.8. The number of nitrogens with two attached hydrogens (primary N) is 1. The van der Waals surface area contributed by atoms with Gasteiger partial charge in [0.1, 0.15) is 6.61 Å². The van der Waals surface area contributed by atoms with Gasteiger partial charge in [-0.25, -0.2) is 4.79 Å². The van der Waals surface area contributed by atoms with Gasteiger partial charge in [-0.2, -0.15) is 0 Å². The molecular weight excluding hydrogens is 348 g/mol. The summed E-state index contributed by atoms with van der Waals surface area (Å²) < 4.78 is 5.55. The highest BCUT2D eigenvalue weighted by molar-refractivity contribution is 6.07. The van der Waals surface area contributed by atoms with Gasteiger partial charge in [0, 0.05) is 17.6 Å². The fourth-order valence-corrected chi connectivity index (χ4v) is 2.94. The highest BCUT2D eigenvalue weighted by Gasteiger charge is 2.13. The van der Waals surface area contributed by atoms with Crippen LogP contribution < -0.4 is 5.73 Å². The molecule has 2 aromatic rings. The first-order chi connectivity index (χ1) is 12.2. The molecule has 0 aliphatic rings. The second-order valence-corrected chi connectivity index (χ2v) is 6.43. The third-order valence-electron chi connectivity index (χ3n) is 4.47. The van der Waals surface area contributed by atoms with Crippen LogP contribution >= 0.6 is 12.4 Å². The van der Waals surface area contributed by atoms with E-state index in [9.17, 15) is 4.79 Å². The molecule has 2 rings (SSSR count). The van der Waals surface area contributed by atoms with Crippen molar-refractivity contribution in [2.45, 2.75) is 39.5 Å². The van der Waals surface area contributed by atoms with Crippen LogP contribution in [0.2, 0.25) is 0 Å². The lowest BCUT2D eigenvalue weighted by Gasteiger charge is -2.21. The zero-order valence-corrected chi connectivity index (χ0v) is 16.7. The van der Waals surface area contributed by atoms with Gasteiger partial charge in [0.2, 0.25) is 0 Å². The zero-order valence-electron chi connectivity index (χ0n) is 15.9. The van der Waals surface area contributed by atoms with E-state index in [1.54, 1.807) is 12.1 Å². The predicted molar refractivity (Wildman–Crippen MR) is 112 cm³/mol. The number of fused-ring (bicyclic) bond motifs is 1. The summed E-state index contributed by atoms with van der Waals surface area (Å²) in [6.45, 7) is 7.75. The number of hydrogen-bond acceptors (Lipinski definition) is 4. The summed E-state index contributed by atoms with van der Waals surface area (Å²) in [4.78, 5) is 14.9. The monoisotopic (exact) mass is 378 g/mol. The fraction of sp³-hybridized carbons (Fsp3) is 0.476. The SMILES string of the molecule is CCCCN(CCCC)CCOC(=O)c1ccc(N)c2ccccc12.Cl. The van der Waals surface area contributed by atoms with Crippen LogP contribution in [-0.4, -0.2) is 37.1 Å². The largest absolute Gasteiger partial charge is 0.461 e. The van der Waals surface area contributed by atoms with Crippen LogP contribution in [0.3, 0.4) is 0 Å². The molecule has 0 aliphatic heterocycles. The van der Waals surface area contributed by atoms with E-state index in [0.717, 1.165) is 30.4 Å². The average molecular weight is 379 g/mol. The van der Waals surface area contributed by atoms with Gasteiger partial charge < -0.3 is 10.5 Å². The van der Waals surface area contributed by atoms with Crippen molar-refractivity contribution < 1.29 is 9.53 Å². The summed E-state index contributed by atoms with van der Waals surface area (Å²) >= 11 is 0. The van der Waals surface area contributed by atoms with Crippen molar-refractivity contribution in [2.24, 2.45) is 0 Å². The molecule has 4 nitrogen and oxygen atoms in total. The lowest BCUT2D eigenvalue weighted by atomic mass is 10.0. The standard InChI is InChI=1S/C21H30N2O2.ClH/c1-3-5-13-23(14-6-4-2)15-16-25-21(24)19-11-12-20(22)18-10-8-7-9-17(18)19;/h7-12H,3-6,13-16,22H2,1-2H3;1H. The first-order valence-electron chi connectivity index (χ1n) is 9.34. The summed E-state index contributed by atoms with van der Waals surface area (Å²) in [6, 6.07) is 11.2. The number of carbonyl (C=O) groups is 1. The predicted octanol–water partition coefficient (Wildman–Crippen LogP) is 4.90. The summed E-state index contributed by atoms with van der Waals surface area (Å²) in [5.74, 6) is -0.276. The molecule has 0 bridgehead atoms. The Hall–Kier alpha value is -1.78. The second-order valence-electron chi connectivity index (χ2n) is 6.43. The lowest BCUT2D eigenvalue weighted by Crippen LogP contribution is -2.30. The molecule has 2 aromatic carbocycles. The molecule has 0 heterocycles. The first-order valence-corrected chi connectivity index (χ1v) is 9.34. The van der Waals surface area contributed by atoms with Crippen molar-refractivity contribution in [1.29, 1.82) is 0 Å². The summed E-state index contributed by atoms with van der Waals surface area (Å²) in [5.41, 5.74) is 7.26. The Labute approximate surface area is 163 Å². The maximum atomic E-state index is 12.5. The van der Waals surface area contributed by atoms with E-state index >= 15 is 0 Å². The Morgan fingerprint density at radius 2 is 1.58 bits per heavy atom. The normalized spacial score (nSPS) is 10.7. The number of halogens is 1. The fourth-order valence-electron chi connectivity index (χ4n) is 2.94. The van der Waals surface area contributed by atoms with E-state index in [-0.39, 0.29) is 18.4 Å². The van der Waals surface area contributed by atoms with Gasteiger partial charge >= 0.3 is 5.97 Å². The molecule has 0 aliphatic carbocycles. The number of unbranched alkanes of at least 4 members (excludes halogenated alkanes) is 2. The minimum absolute atomic E-state index is 0. The van der Waals surface area contributed by atoms with Crippen LogP contribution in [0.5, 0.6) is 0 Å². The van der Waals surface area contributed by atoms with Crippen molar-refractivity contribution in [3.8, 4) is 0 Å². The van der Waals surface area contributed by atoms with Gasteiger partial charge in [-0.1, -0.05) is 51.0 Å². The lowest BCUT2D eigenvalue weighted by molar-refractivity contribution is 0.0462. The van der Waals surface area contributed by atoms with Crippen molar-refractivity contribution >= 4 is 34.8 Å². The number of benzene rings is 2. The molecule has 0 amide bonds. The summed E-state index contributed by atoms with van der Waals surface area (Å²) in [7, 11) is 0. The molecule has 0 atom stereocenters. The molecule has 0 spiro atoms. The van der Waals surface area contributed by atoms with E-state index in [0.29, 0.717) is 17.9 Å². The van der Waals surface area contributed by atoms with Gasteiger partial charge in [-0.05, 0) is 43.5 Å². The number of anilines is 1. The zero-order chi connectivity index (χ0) is 18.1. The van der Waals surface area contributed by atoms with Crippen molar-refractivity contribution in [2.75, 3.05) is 32.0 Å². The van der Waals surface area contributed by atoms with Gasteiger partial charge in [0.15, 0.2) is 0 Å². The van der Waals surface area contributed by atoms with Crippen LogP contribution in [0.15, 0.2) is 36.4 Å². The number of carbonyl (C=O) groups excluding carboxylic acids is 1. The Morgan fingerprint density at radius 1 is 0.962 bits per heavy atom. The highest BCUT2D eigenvalue weighted by atomic mass is 35.5. The van der Waals surface area contributed by atoms with E-state index < -0.39 is 0 Å². The van der Waals surface area contributed by atoms with Crippen LogP contribution in [0.1, 0.15) is 49.9 Å². The van der Waals surface area contributed by atoms with E-state index in [4.69, 9.17) is 10.5 Å². The molecule has 26 heavy (non-hydrogen) atoms. The molecule has 0 saturated heterocycles. The van der Waals surface area contributed by atoms with E-state index in [2.05, 4.69) is 18.7 Å². The Kier molecular flexibility index (Phi) is 10.1. The molecular formula is C21H31ClN2O2. The van der Waals surface area contributed by atoms with Crippen LogP contribution in [-0.2, 0) is 4.74 Å². The van der Waals surface area contributed by atoms with Gasteiger partial charge in [0.25, 0.3) is 0 Å². The molecule has 0 saturated carbocycles. The number of nitrogens with zero attached hydrogens (tertiary/aromatic N) is 1. The minimum atomic E-state index is -0.276. The Bertz CT molecular complexity index is 683. The van der Waals surface area contributed by atoms with E-state index in [1.165, 1.54) is 25.7 Å². The number of ether oxygens (including phenoxy) is 1. The topological polar surface area (TPSA) is 55.6 Å². The van der Waals surface area contributed by atoms with Crippen LogP contribution in [0.4, 0.5) is 5.69 Å². The highest BCUT2D eigenvalue weighted by Crippen LogP contribution is 2.25. The maximum absolute atomic E-state index is 12.5. The Balaban J connectivity index is 0.00000338. The molecule has 2 N–H and O–H groups in total. The number of esters is 1. The number of rotatable bonds is 10. The minimum Gasteiger partial charge on any atom is -0.461 e. The third kappa shape index (κ3) is 6.19. The summed E-state index contributed by atoms with van der Waals surface area (Å²) in [6.07, 6.45) is 4.72. The molecule has 144 valence electrons. The molecule has 0 aromatic heterocycles. The van der Waals surface area contributed by atoms with E-state index in [1.807, 2.05) is 24.3 Å². The van der Waals surface area contributed by atoms with Gasteiger partial charge in [-0.15, -0.1) is 12.4 Å². The average Bonchev–Trinajstić information content (AvgIpc) is 2.64. The van der Waals surface area contributed by atoms with Crippen LogP contribution in [0, 0.1) is 0 Å². The molecule has 0 unspecified atom stereocenters. The Morgan fingerprint density at radius 3 is 2.19 bits per heavy atom. The molecule has 5 heteroatoms. The van der Waals surface area contributed by atoms with Crippen molar-refractivity contribution in [1.82, 2.24) is 4.90 Å². The quantitative estimate of drug-likeness (QED) is 0.471. The van der Waals surface area contributed by atoms with Crippen molar-refractivity contribution in [3.05, 3.63) is 42.0 Å². The van der Waals surface area contributed by atoms with Crippen LogP contribution in [0.25, 0.3) is 10.8 Å². The molecule has 0 radical (unpaired) electrons. The van der Waals surface area contributed by atoms with Crippen molar-refractivity contribution in [3.63, 3.8) is 0 Å². The summed E-state index contributed by atoms with van der Waals surface area (Å²) in [5, 5.41) is 1.74. The number of nitrogen functional groups attached to an aromatic ring is 1. The first kappa shape index (κ1) is 22.3. The maximum Gasteiger partial charge on any atom is 0.338 e. The smallest absolute Gasteiger partial charge is 0.338 e. The molecule has 0 fully saturated rings. The van der Waals surface area contributed by atoms with Gasteiger partial charge in [0.05, 0.1) is 5.56 Å². The number of hydrogen-bond donors (Lipinski definition) is 1. The van der Waals surface area contributed by atoms with Gasteiger partial charge in [-0.3, -0.25) is 4.90 Å².